The van der Waals surface area contributed by atoms with E-state index in [2.05, 4.69) is 15.4 Å². The van der Waals surface area contributed by atoms with Gasteiger partial charge in [0.1, 0.15) is 11.8 Å². The van der Waals surface area contributed by atoms with Crippen molar-refractivity contribution in [1.29, 1.82) is 0 Å². The zero-order valence-electron chi connectivity index (χ0n) is 12.8. The van der Waals surface area contributed by atoms with Crippen LogP contribution >= 0.6 is 0 Å². The molecule has 0 saturated heterocycles. The molecule has 0 saturated carbocycles. The molecular formula is C14H18N4O4. The molecule has 1 atom stereocenters. The highest BCUT2D eigenvalue weighted by molar-refractivity contribution is 5.96. The van der Waals surface area contributed by atoms with Gasteiger partial charge in [-0.15, -0.1) is 0 Å². The zero-order chi connectivity index (χ0) is 16.4. The Hall–Kier alpha value is -2.64. The third-order valence-electron chi connectivity index (χ3n) is 3.18. The van der Waals surface area contributed by atoms with E-state index in [1.807, 2.05) is 0 Å². The van der Waals surface area contributed by atoms with Crippen molar-refractivity contribution in [3.8, 4) is 11.5 Å². The largest absolute Gasteiger partial charge is 0.480 e. The number of aliphatic carboxylic acids is 1. The van der Waals surface area contributed by atoms with Gasteiger partial charge in [0.15, 0.2) is 5.69 Å². The maximum Gasteiger partial charge on any atom is 0.326 e. The summed E-state index contributed by atoms with van der Waals surface area (Å²) in [5.41, 5.74) is 0.717. The molecule has 0 unspecified atom stereocenters. The number of rotatable bonds is 5. The van der Waals surface area contributed by atoms with Crippen LogP contribution in [0.4, 0.5) is 0 Å². The Morgan fingerprint density at radius 1 is 1.41 bits per heavy atom. The number of oxazole rings is 1. The first kappa shape index (κ1) is 15.7. The molecule has 0 aromatic carbocycles. The third kappa shape index (κ3) is 3.16. The Kier molecular flexibility index (Phi) is 4.30. The maximum atomic E-state index is 12.2. The number of amides is 1. The first-order valence-electron chi connectivity index (χ1n) is 6.79. The van der Waals surface area contributed by atoms with Gasteiger partial charge in [0.2, 0.25) is 5.89 Å². The van der Waals surface area contributed by atoms with E-state index in [9.17, 15) is 9.59 Å². The average Bonchev–Trinajstić information content (AvgIpc) is 3.01. The van der Waals surface area contributed by atoms with Crippen LogP contribution < -0.4 is 5.32 Å². The molecule has 2 aromatic heterocycles. The molecule has 118 valence electrons. The van der Waals surface area contributed by atoms with Gasteiger partial charge in [-0.05, 0) is 12.8 Å². The fraction of sp³-hybridized carbons (Fsp3) is 0.429. The summed E-state index contributed by atoms with van der Waals surface area (Å²) < 4.78 is 7.06. The summed E-state index contributed by atoms with van der Waals surface area (Å²) in [4.78, 5) is 27.5. The van der Waals surface area contributed by atoms with Crippen LogP contribution in [-0.2, 0) is 11.8 Å². The Bertz CT molecular complexity index is 702. The quantitative estimate of drug-likeness (QED) is 0.859. The van der Waals surface area contributed by atoms with Gasteiger partial charge >= 0.3 is 5.97 Å². The van der Waals surface area contributed by atoms with Crippen molar-refractivity contribution in [2.45, 2.75) is 26.8 Å². The second-order valence-electron chi connectivity index (χ2n) is 5.36. The summed E-state index contributed by atoms with van der Waals surface area (Å²) in [6.07, 6.45) is 3.28. The number of carboxylic acids is 1. The molecule has 0 aliphatic carbocycles. The molecule has 0 spiro atoms. The van der Waals surface area contributed by atoms with Gasteiger partial charge in [0.05, 0.1) is 11.8 Å². The first-order valence-corrected chi connectivity index (χ1v) is 6.79. The molecule has 0 aliphatic heterocycles. The SMILES string of the molecule is Cc1oc(-c2cnn(C)c2)nc1C(=O)N[C@H](C(=O)O)C(C)C. The summed E-state index contributed by atoms with van der Waals surface area (Å²) >= 11 is 0. The number of carboxylic acid groups (broad SMARTS) is 1. The smallest absolute Gasteiger partial charge is 0.326 e. The van der Waals surface area contributed by atoms with Crippen molar-refractivity contribution in [3.63, 3.8) is 0 Å². The zero-order valence-corrected chi connectivity index (χ0v) is 12.8. The maximum absolute atomic E-state index is 12.2. The Balaban J connectivity index is 2.24. The lowest BCUT2D eigenvalue weighted by molar-refractivity contribution is -0.140. The summed E-state index contributed by atoms with van der Waals surface area (Å²) in [7, 11) is 1.76. The van der Waals surface area contributed by atoms with Crippen molar-refractivity contribution >= 4 is 11.9 Å². The van der Waals surface area contributed by atoms with E-state index in [0.29, 0.717) is 11.3 Å². The van der Waals surface area contributed by atoms with E-state index in [0.717, 1.165) is 0 Å². The molecule has 2 rings (SSSR count). The Morgan fingerprint density at radius 2 is 2.09 bits per heavy atom. The highest BCUT2D eigenvalue weighted by Gasteiger charge is 2.27. The molecule has 0 aliphatic rings. The van der Waals surface area contributed by atoms with Crippen molar-refractivity contribution in [2.75, 3.05) is 0 Å². The summed E-state index contributed by atoms with van der Waals surface area (Å²) in [5.74, 6) is -1.31. The number of nitrogens with one attached hydrogen (secondary N) is 1. The van der Waals surface area contributed by atoms with Crippen molar-refractivity contribution in [2.24, 2.45) is 13.0 Å². The van der Waals surface area contributed by atoms with Crippen LogP contribution in [0.2, 0.25) is 0 Å². The van der Waals surface area contributed by atoms with Gasteiger partial charge in [-0.25, -0.2) is 9.78 Å². The number of carbonyl (C=O) groups excluding carboxylic acids is 1. The minimum absolute atomic E-state index is 0.0748. The predicted molar refractivity (Wildman–Crippen MR) is 77.2 cm³/mol. The lowest BCUT2D eigenvalue weighted by Gasteiger charge is -2.17. The van der Waals surface area contributed by atoms with Crippen LogP contribution in [0.3, 0.4) is 0 Å². The lowest BCUT2D eigenvalue weighted by Crippen LogP contribution is -2.44. The monoisotopic (exact) mass is 306 g/mol. The second kappa shape index (κ2) is 6.00. The van der Waals surface area contributed by atoms with E-state index in [1.54, 1.807) is 44.9 Å². The molecule has 0 bridgehead atoms. The van der Waals surface area contributed by atoms with Crippen LogP contribution in [-0.4, -0.2) is 37.8 Å². The predicted octanol–water partition coefficient (Wildman–Crippen LogP) is 1.22. The standard InChI is InChI=1S/C14H18N4O4/c1-7(2)10(14(20)21)16-12(19)11-8(3)22-13(17-11)9-5-15-18(4)6-9/h5-7,10H,1-4H3,(H,16,19)(H,20,21)/t10-/m0/s1. The minimum atomic E-state index is -1.09. The highest BCUT2D eigenvalue weighted by atomic mass is 16.4. The van der Waals surface area contributed by atoms with E-state index in [4.69, 9.17) is 9.52 Å². The Morgan fingerprint density at radius 3 is 2.59 bits per heavy atom. The molecular weight excluding hydrogens is 288 g/mol. The fourth-order valence-electron chi connectivity index (χ4n) is 1.99. The van der Waals surface area contributed by atoms with Gasteiger partial charge in [-0.2, -0.15) is 5.10 Å². The number of nitrogens with zero attached hydrogens (tertiary/aromatic N) is 3. The van der Waals surface area contributed by atoms with E-state index in [-0.39, 0.29) is 17.5 Å². The molecule has 2 heterocycles. The average molecular weight is 306 g/mol. The topological polar surface area (TPSA) is 110 Å². The number of carbonyl (C=O) groups is 2. The molecule has 0 radical (unpaired) electrons. The van der Waals surface area contributed by atoms with Crippen LogP contribution in [0.5, 0.6) is 0 Å². The van der Waals surface area contributed by atoms with Crippen molar-refractivity contribution in [3.05, 3.63) is 23.8 Å². The molecule has 0 fully saturated rings. The van der Waals surface area contributed by atoms with Crippen LogP contribution in [0.1, 0.15) is 30.1 Å². The summed E-state index contributed by atoms with van der Waals surface area (Å²) in [6, 6.07) is -0.981. The molecule has 2 aromatic rings. The van der Waals surface area contributed by atoms with Gasteiger partial charge in [0.25, 0.3) is 5.91 Å². The summed E-state index contributed by atoms with van der Waals surface area (Å²) in [6.45, 7) is 5.04. The van der Waals surface area contributed by atoms with Crippen LogP contribution in [0.15, 0.2) is 16.8 Å². The van der Waals surface area contributed by atoms with Gasteiger partial charge < -0.3 is 14.8 Å². The van der Waals surface area contributed by atoms with Crippen LogP contribution in [0.25, 0.3) is 11.5 Å². The molecule has 1 amide bonds. The van der Waals surface area contributed by atoms with Gasteiger partial charge in [0, 0.05) is 13.2 Å². The van der Waals surface area contributed by atoms with Gasteiger partial charge in [-0.3, -0.25) is 9.48 Å². The Labute approximate surface area is 127 Å². The normalized spacial score (nSPS) is 12.4. The van der Waals surface area contributed by atoms with Crippen molar-refractivity contribution < 1.29 is 19.1 Å². The number of hydrogen-bond donors (Lipinski definition) is 2. The van der Waals surface area contributed by atoms with E-state index >= 15 is 0 Å². The van der Waals surface area contributed by atoms with Crippen LogP contribution in [0, 0.1) is 12.8 Å². The van der Waals surface area contributed by atoms with E-state index in [1.165, 1.54) is 0 Å². The van der Waals surface area contributed by atoms with E-state index < -0.39 is 17.9 Å². The fourth-order valence-corrected chi connectivity index (χ4v) is 1.99. The second-order valence-corrected chi connectivity index (χ2v) is 5.36. The summed E-state index contributed by atoms with van der Waals surface area (Å²) in [5, 5.41) is 15.6. The third-order valence-corrected chi connectivity index (χ3v) is 3.18. The van der Waals surface area contributed by atoms with Gasteiger partial charge in [-0.1, -0.05) is 13.8 Å². The molecule has 8 heteroatoms. The number of hydrogen-bond acceptors (Lipinski definition) is 5. The molecule has 2 N–H and O–H groups in total. The molecule has 22 heavy (non-hydrogen) atoms. The number of aromatic nitrogens is 3. The first-order chi connectivity index (χ1) is 10.3. The van der Waals surface area contributed by atoms with Crippen molar-refractivity contribution in [1.82, 2.24) is 20.1 Å². The lowest BCUT2D eigenvalue weighted by atomic mass is 10.0. The minimum Gasteiger partial charge on any atom is -0.480 e. The highest BCUT2D eigenvalue weighted by Crippen LogP contribution is 2.21. The number of aryl methyl sites for hydroxylation is 2. The molecule has 8 nitrogen and oxygen atoms in total.